The van der Waals surface area contributed by atoms with Gasteiger partial charge >= 0.3 is 0 Å². The van der Waals surface area contributed by atoms with E-state index in [1.807, 2.05) is 20.0 Å². The van der Waals surface area contributed by atoms with Crippen LogP contribution in [0.15, 0.2) is 23.2 Å². The molecule has 158 valence electrons. The Morgan fingerprint density at radius 2 is 2.14 bits per heavy atom. The molecule has 1 atom stereocenters. The number of aliphatic imine (C=N–C) groups is 1. The second-order valence-electron chi connectivity index (χ2n) is 7.25. The van der Waals surface area contributed by atoms with Crippen molar-refractivity contribution in [2.24, 2.45) is 4.99 Å². The first-order valence-corrected chi connectivity index (χ1v) is 10.1. The van der Waals surface area contributed by atoms with Gasteiger partial charge in [-0.1, -0.05) is 6.07 Å². The molecule has 2 N–H and O–H groups in total. The average Bonchev–Trinajstić information content (AvgIpc) is 3.21. The molecule has 1 aromatic rings. The van der Waals surface area contributed by atoms with Gasteiger partial charge in [-0.3, -0.25) is 4.99 Å². The molecule has 3 heterocycles. The van der Waals surface area contributed by atoms with Crippen molar-refractivity contribution >= 4 is 35.8 Å². The topological polar surface area (TPSA) is 71.0 Å². The highest BCUT2D eigenvalue weighted by molar-refractivity contribution is 14.0. The maximum Gasteiger partial charge on any atom is 0.191 e. The van der Waals surface area contributed by atoms with Gasteiger partial charge in [-0.2, -0.15) is 0 Å². The first kappa shape index (κ1) is 23.2. The number of hydrogen-bond donors (Lipinski definition) is 2. The van der Waals surface area contributed by atoms with Crippen molar-refractivity contribution < 1.29 is 9.47 Å². The van der Waals surface area contributed by atoms with Gasteiger partial charge in [0.05, 0.1) is 19.3 Å². The Kier molecular flexibility index (Phi) is 10.3. The average molecular weight is 503 g/mol. The maximum absolute atomic E-state index is 5.69. The summed E-state index contributed by atoms with van der Waals surface area (Å²) in [5.41, 5.74) is 1.07. The molecule has 0 spiro atoms. The van der Waals surface area contributed by atoms with Crippen molar-refractivity contribution in [1.82, 2.24) is 15.6 Å². The molecule has 0 bridgehead atoms. The molecule has 0 radical (unpaired) electrons. The first-order chi connectivity index (χ1) is 13.2. The number of rotatable bonds is 7. The van der Waals surface area contributed by atoms with Crippen LogP contribution < -0.4 is 15.5 Å². The number of anilines is 1. The zero-order chi connectivity index (χ0) is 18.9. The molecule has 28 heavy (non-hydrogen) atoms. The van der Waals surface area contributed by atoms with E-state index in [0.29, 0.717) is 19.3 Å². The molecule has 2 aliphatic heterocycles. The van der Waals surface area contributed by atoms with Crippen LogP contribution in [-0.2, 0) is 9.47 Å². The zero-order valence-electron chi connectivity index (χ0n) is 17.0. The third-order valence-corrected chi connectivity index (χ3v) is 5.12. The van der Waals surface area contributed by atoms with E-state index in [2.05, 4.69) is 37.6 Å². The Morgan fingerprint density at radius 3 is 2.82 bits per heavy atom. The largest absolute Gasteiger partial charge is 0.377 e. The van der Waals surface area contributed by atoms with Crippen LogP contribution in [-0.4, -0.2) is 69.6 Å². The fourth-order valence-electron chi connectivity index (χ4n) is 3.58. The summed E-state index contributed by atoms with van der Waals surface area (Å²) in [4.78, 5) is 11.3. The van der Waals surface area contributed by atoms with E-state index in [9.17, 15) is 0 Å². The van der Waals surface area contributed by atoms with Gasteiger partial charge in [-0.25, -0.2) is 4.98 Å². The van der Waals surface area contributed by atoms with Crippen molar-refractivity contribution in [1.29, 1.82) is 0 Å². The number of ether oxygens (including phenoxy) is 2. The van der Waals surface area contributed by atoms with Crippen LogP contribution in [0.5, 0.6) is 0 Å². The Morgan fingerprint density at radius 1 is 1.32 bits per heavy atom. The molecular formula is C20H34IN5O2. The summed E-state index contributed by atoms with van der Waals surface area (Å²) in [5, 5.41) is 6.87. The highest BCUT2D eigenvalue weighted by atomic mass is 127. The molecule has 1 aromatic heterocycles. The summed E-state index contributed by atoms with van der Waals surface area (Å²) in [6.45, 7) is 7.04. The number of nitrogens with zero attached hydrogens (tertiary/aromatic N) is 3. The lowest BCUT2D eigenvalue weighted by Gasteiger charge is -2.34. The summed E-state index contributed by atoms with van der Waals surface area (Å²) >= 11 is 0. The third kappa shape index (κ3) is 7.36. The smallest absolute Gasteiger partial charge is 0.191 e. The Labute approximate surface area is 185 Å². The van der Waals surface area contributed by atoms with Crippen LogP contribution in [0.2, 0.25) is 0 Å². The standard InChI is InChI=1S/C20H33N5O2.HI/c1-16-5-3-7-19(23-16)25-11-8-17(9-12-25)24-20(21-2)22-10-14-26-15-18-6-4-13-27-18;/h3,5,7,17-18H,4,6,8-15H2,1-2H3,(H2,21,22,24);1H. The second kappa shape index (κ2) is 12.4. The lowest BCUT2D eigenvalue weighted by molar-refractivity contribution is 0.0191. The highest BCUT2D eigenvalue weighted by Crippen LogP contribution is 2.18. The van der Waals surface area contributed by atoms with E-state index < -0.39 is 0 Å². The predicted molar refractivity (Wildman–Crippen MR) is 124 cm³/mol. The zero-order valence-corrected chi connectivity index (χ0v) is 19.4. The van der Waals surface area contributed by atoms with Crippen LogP contribution >= 0.6 is 24.0 Å². The molecule has 1 unspecified atom stereocenters. The number of aromatic nitrogens is 1. The number of aryl methyl sites for hydroxylation is 1. The molecule has 3 rings (SSSR count). The second-order valence-corrected chi connectivity index (χ2v) is 7.25. The summed E-state index contributed by atoms with van der Waals surface area (Å²) in [6, 6.07) is 6.65. The number of hydrogen-bond acceptors (Lipinski definition) is 5. The minimum Gasteiger partial charge on any atom is -0.377 e. The molecule has 0 aliphatic carbocycles. The molecular weight excluding hydrogens is 469 g/mol. The van der Waals surface area contributed by atoms with E-state index in [1.54, 1.807) is 0 Å². The summed E-state index contributed by atoms with van der Waals surface area (Å²) < 4.78 is 11.3. The Bertz CT molecular complexity index is 602. The van der Waals surface area contributed by atoms with Gasteiger partial charge in [0, 0.05) is 45.0 Å². The van der Waals surface area contributed by atoms with Crippen molar-refractivity contribution in [3.8, 4) is 0 Å². The fourth-order valence-corrected chi connectivity index (χ4v) is 3.58. The Balaban J connectivity index is 0.00000280. The first-order valence-electron chi connectivity index (χ1n) is 10.1. The lowest BCUT2D eigenvalue weighted by Crippen LogP contribution is -2.49. The van der Waals surface area contributed by atoms with Gasteiger partial charge in [0.15, 0.2) is 5.96 Å². The lowest BCUT2D eigenvalue weighted by atomic mass is 10.1. The van der Waals surface area contributed by atoms with Crippen molar-refractivity contribution in [3.63, 3.8) is 0 Å². The molecule has 2 aliphatic rings. The fraction of sp³-hybridized carbons (Fsp3) is 0.700. The molecule has 0 aromatic carbocycles. The number of halogens is 1. The van der Waals surface area contributed by atoms with Gasteiger partial charge in [-0.15, -0.1) is 24.0 Å². The van der Waals surface area contributed by atoms with Crippen LogP contribution in [0.1, 0.15) is 31.4 Å². The minimum atomic E-state index is 0. The van der Waals surface area contributed by atoms with E-state index in [4.69, 9.17) is 9.47 Å². The molecule has 2 fully saturated rings. The third-order valence-electron chi connectivity index (χ3n) is 5.12. The van der Waals surface area contributed by atoms with Crippen molar-refractivity contribution in [2.45, 2.75) is 44.8 Å². The summed E-state index contributed by atoms with van der Waals surface area (Å²) in [7, 11) is 1.81. The molecule has 8 heteroatoms. The van der Waals surface area contributed by atoms with Gasteiger partial charge in [0.2, 0.25) is 0 Å². The van der Waals surface area contributed by atoms with Gasteiger partial charge in [0.1, 0.15) is 5.82 Å². The molecule has 7 nitrogen and oxygen atoms in total. The normalized spacial score (nSPS) is 20.7. The van der Waals surface area contributed by atoms with Gasteiger partial charge < -0.3 is 25.0 Å². The predicted octanol–water partition coefficient (Wildman–Crippen LogP) is 2.34. The highest BCUT2D eigenvalue weighted by Gasteiger charge is 2.21. The van der Waals surface area contributed by atoms with Crippen LogP contribution in [0.3, 0.4) is 0 Å². The molecule has 0 saturated carbocycles. The Hall–Kier alpha value is -1.13. The minimum absolute atomic E-state index is 0. The quantitative estimate of drug-likeness (QED) is 0.258. The van der Waals surface area contributed by atoms with Crippen LogP contribution in [0.4, 0.5) is 5.82 Å². The van der Waals surface area contributed by atoms with Crippen molar-refractivity contribution in [3.05, 3.63) is 23.9 Å². The monoisotopic (exact) mass is 503 g/mol. The number of pyridine rings is 1. The van der Waals surface area contributed by atoms with E-state index in [0.717, 1.165) is 69.4 Å². The molecule has 2 saturated heterocycles. The van der Waals surface area contributed by atoms with Crippen molar-refractivity contribution in [2.75, 3.05) is 51.4 Å². The van der Waals surface area contributed by atoms with Gasteiger partial charge in [0.25, 0.3) is 0 Å². The van der Waals surface area contributed by atoms with Crippen LogP contribution in [0.25, 0.3) is 0 Å². The van der Waals surface area contributed by atoms with E-state index in [1.165, 1.54) is 0 Å². The van der Waals surface area contributed by atoms with E-state index in [-0.39, 0.29) is 30.1 Å². The SMILES string of the molecule is CN=C(NCCOCC1CCCO1)NC1CCN(c2cccc(C)n2)CC1.I. The van der Waals surface area contributed by atoms with Gasteiger partial charge in [-0.05, 0) is 44.7 Å². The summed E-state index contributed by atoms with van der Waals surface area (Å²) in [6.07, 6.45) is 4.71. The number of guanidine groups is 1. The summed E-state index contributed by atoms with van der Waals surface area (Å²) in [5.74, 6) is 1.93. The van der Waals surface area contributed by atoms with E-state index >= 15 is 0 Å². The maximum atomic E-state index is 5.69. The molecule has 0 amide bonds. The number of piperidine rings is 1. The van der Waals surface area contributed by atoms with Crippen LogP contribution in [0, 0.1) is 6.92 Å². The number of nitrogens with one attached hydrogen (secondary N) is 2.